The molecule has 0 amide bonds. The van der Waals surface area contributed by atoms with E-state index in [0.29, 0.717) is 0 Å². The van der Waals surface area contributed by atoms with Gasteiger partial charge in [0.2, 0.25) is 0 Å². The molecule has 2 heterocycles. The molecule has 0 aliphatic carbocycles. The molecule has 4 heteroatoms. The first-order valence-corrected chi connectivity index (χ1v) is 7.20. The van der Waals surface area contributed by atoms with E-state index in [4.69, 9.17) is 4.74 Å². The van der Waals surface area contributed by atoms with E-state index in [9.17, 15) is 0 Å². The molecule has 3 rings (SSSR count). The van der Waals surface area contributed by atoms with Crippen molar-refractivity contribution in [3.05, 3.63) is 48.8 Å². The minimum Gasteiger partial charge on any atom is -0.497 e. The van der Waals surface area contributed by atoms with Gasteiger partial charge in [-0.25, -0.2) is 4.98 Å². The Morgan fingerprint density at radius 3 is 2.63 bits per heavy atom. The molecule has 0 saturated heterocycles. The SMILES string of the molecule is COc1ccn2cc(-c3ccc(SC)cc3)nc2c1. The molecule has 0 aliphatic heterocycles. The number of ether oxygens (including phenoxy) is 1. The number of thioether (sulfide) groups is 1. The summed E-state index contributed by atoms with van der Waals surface area (Å²) in [7, 11) is 1.66. The average molecular weight is 270 g/mol. The second-order valence-corrected chi connectivity index (χ2v) is 5.07. The standard InChI is InChI=1S/C15H14N2OS/c1-18-12-7-8-17-10-14(16-15(17)9-12)11-3-5-13(19-2)6-4-11/h3-10H,1-2H3. The van der Waals surface area contributed by atoms with Crippen molar-refractivity contribution in [2.24, 2.45) is 0 Å². The summed E-state index contributed by atoms with van der Waals surface area (Å²) in [6.45, 7) is 0. The largest absolute Gasteiger partial charge is 0.497 e. The van der Waals surface area contributed by atoms with Crippen LogP contribution in [0.15, 0.2) is 53.7 Å². The number of rotatable bonds is 3. The first-order chi connectivity index (χ1) is 9.30. The molecule has 0 radical (unpaired) electrons. The van der Waals surface area contributed by atoms with Gasteiger partial charge in [0.15, 0.2) is 0 Å². The predicted molar refractivity (Wildman–Crippen MR) is 79.0 cm³/mol. The molecule has 1 aromatic carbocycles. The van der Waals surface area contributed by atoms with Gasteiger partial charge in [-0.05, 0) is 24.5 Å². The summed E-state index contributed by atoms with van der Waals surface area (Å²) in [5.41, 5.74) is 2.99. The van der Waals surface area contributed by atoms with Gasteiger partial charge in [0.25, 0.3) is 0 Å². The molecule has 96 valence electrons. The van der Waals surface area contributed by atoms with Crippen LogP contribution in [-0.2, 0) is 0 Å². The summed E-state index contributed by atoms with van der Waals surface area (Å²) in [5, 5.41) is 0. The normalized spacial score (nSPS) is 10.8. The fraction of sp³-hybridized carbons (Fsp3) is 0.133. The zero-order valence-electron chi connectivity index (χ0n) is 10.8. The van der Waals surface area contributed by atoms with Gasteiger partial charge in [-0.1, -0.05) is 12.1 Å². The minimum absolute atomic E-state index is 0.822. The summed E-state index contributed by atoms with van der Waals surface area (Å²) in [5.74, 6) is 0.822. The average Bonchev–Trinajstić information content (AvgIpc) is 2.90. The lowest BCUT2D eigenvalue weighted by Gasteiger charge is -1.98. The summed E-state index contributed by atoms with van der Waals surface area (Å²) in [6.07, 6.45) is 6.07. The van der Waals surface area contributed by atoms with Gasteiger partial charge in [0.05, 0.1) is 12.8 Å². The lowest BCUT2D eigenvalue weighted by atomic mass is 10.2. The fourth-order valence-electron chi connectivity index (χ4n) is 1.99. The number of benzene rings is 1. The molecule has 0 aliphatic rings. The molecular formula is C15H14N2OS. The van der Waals surface area contributed by atoms with Gasteiger partial charge in [-0.2, -0.15) is 0 Å². The molecule has 19 heavy (non-hydrogen) atoms. The minimum atomic E-state index is 0.822. The van der Waals surface area contributed by atoms with Crippen LogP contribution >= 0.6 is 11.8 Å². The van der Waals surface area contributed by atoms with Crippen LogP contribution in [0.2, 0.25) is 0 Å². The fourth-order valence-corrected chi connectivity index (χ4v) is 2.40. The monoisotopic (exact) mass is 270 g/mol. The third-order valence-electron chi connectivity index (χ3n) is 3.05. The number of hydrogen-bond acceptors (Lipinski definition) is 3. The van der Waals surface area contributed by atoms with Crippen LogP contribution < -0.4 is 4.74 Å². The van der Waals surface area contributed by atoms with Crippen LogP contribution in [0.25, 0.3) is 16.9 Å². The Morgan fingerprint density at radius 1 is 1.16 bits per heavy atom. The number of fused-ring (bicyclic) bond motifs is 1. The van der Waals surface area contributed by atoms with Crippen molar-refractivity contribution < 1.29 is 4.74 Å². The van der Waals surface area contributed by atoms with E-state index in [1.54, 1.807) is 18.9 Å². The Labute approximate surface area is 116 Å². The number of imidazole rings is 1. The Morgan fingerprint density at radius 2 is 1.95 bits per heavy atom. The summed E-state index contributed by atoms with van der Waals surface area (Å²) >= 11 is 1.74. The van der Waals surface area contributed by atoms with Crippen LogP contribution in [0.5, 0.6) is 5.75 Å². The molecule has 3 aromatic rings. The van der Waals surface area contributed by atoms with Gasteiger partial charge < -0.3 is 9.14 Å². The molecule has 3 nitrogen and oxygen atoms in total. The molecule has 0 fully saturated rings. The third kappa shape index (κ3) is 2.31. The second-order valence-electron chi connectivity index (χ2n) is 4.19. The lowest BCUT2D eigenvalue weighted by Crippen LogP contribution is -1.86. The van der Waals surface area contributed by atoms with Crippen molar-refractivity contribution in [1.29, 1.82) is 0 Å². The smallest absolute Gasteiger partial charge is 0.141 e. The number of aromatic nitrogens is 2. The van der Waals surface area contributed by atoms with E-state index in [0.717, 1.165) is 22.7 Å². The molecule has 0 unspecified atom stereocenters. The van der Waals surface area contributed by atoms with Crippen LogP contribution in [0.4, 0.5) is 0 Å². The zero-order chi connectivity index (χ0) is 13.2. The molecule has 2 aromatic heterocycles. The lowest BCUT2D eigenvalue weighted by molar-refractivity contribution is 0.414. The Kier molecular flexibility index (Phi) is 3.17. The van der Waals surface area contributed by atoms with Crippen molar-refractivity contribution in [3.63, 3.8) is 0 Å². The first kappa shape index (κ1) is 12.1. The van der Waals surface area contributed by atoms with Crippen molar-refractivity contribution >= 4 is 17.4 Å². The van der Waals surface area contributed by atoms with E-state index >= 15 is 0 Å². The third-order valence-corrected chi connectivity index (χ3v) is 3.80. The topological polar surface area (TPSA) is 26.5 Å². The Hall–Kier alpha value is -1.94. The van der Waals surface area contributed by atoms with Gasteiger partial charge in [0.1, 0.15) is 11.4 Å². The predicted octanol–water partition coefficient (Wildman–Crippen LogP) is 3.73. The van der Waals surface area contributed by atoms with Gasteiger partial charge in [-0.3, -0.25) is 0 Å². The highest BCUT2D eigenvalue weighted by atomic mass is 32.2. The second kappa shape index (κ2) is 4.97. The van der Waals surface area contributed by atoms with E-state index in [-0.39, 0.29) is 0 Å². The van der Waals surface area contributed by atoms with Crippen LogP contribution in [0.3, 0.4) is 0 Å². The van der Waals surface area contributed by atoms with E-state index in [2.05, 4.69) is 35.5 Å². The van der Waals surface area contributed by atoms with Gasteiger partial charge >= 0.3 is 0 Å². The highest BCUT2D eigenvalue weighted by Crippen LogP contribution is 2.24. The molecule has 0 bridgehead atoms. The summed E-state index contributed by atoms with van der Waals surface area (Å²) < 4.78 is 7.21. The maximum absolute atomic E-state index is 5.21. The van der Waals surface area contributed by atoms with Crippen LogP contribution in [-0.4, -0.2) is 22.8 Å². The summed E-state index contributed by atoms with van der Waals surface area (Å²) in [6, 6.07) is 12.3. The molecule has 0 N–H and O–H groups in total. The molecule has 0 spiro atoms. The van der Waals surface area contributed by atoms with Crippen LogP contribution in [0, 0.1) is 0 Å². The molecule has 0 saturated carbocycles. The maximum Gasteiger partial charge on any atom is 0.141 e. The highest BCUT2D eigenvalue weighted by Gasteiger charge is 2.05. The Bertz CT molecular complexity index is 704. The zero-order valence-corrected chi connectivity index (χ0v) is 11.6. The van der Waals surface area contributed by atoms with Crippen molar-refractivity contribution in [2.45, 2.75) is 4.90 Å². The quantitative estimate of drug-likeness (QED) is 0.678. The van der Waals surface area contributed by atoms with Gasteiger partial charge in [0, 0.05) is 28.9 Å². The van der Waals surface area contributed by atoms with E-state index in [1.807, 2.05) is 28.9 Å². The van der Waals surface area contributed by atoms with Crippen molar-refractivity contribution in [2.75, 3.05) is 13.4 Å². The Balaban J connectivity index is 2.04. The van der Waals surface area contributed by atoms with Crippen LogP contribution in [0.1, 0.15) is 0 Å². The maximum atomic E-state index is 5.21. The molecule has 0 atom stereocenters. The van der Waals surface area contributed by atoms with E-state index < -0.39 is 0 Å². The van der Waals surface area contributed by atoms with Crippen molar-refractivity contribution in [1.82, 2.24) is 9.38 Å². The molecular weight excluding hydrogens is 256 g/mol. The summed E-state index contributed by atoms with van der Waals surface area (Å²) in [4.78, 5) is 5.88. The number of methoxy groups -OCH3 is 1. The van der Waals surface area contributed by atoms with Crippen molar-refractivity contribution in [3.8, 4) is 17.0 Å². The number of nitrogens with zero attached hydrogens (tertiary/aromatic N) is 2. The first-order valence-electron chi connectivity index (χ1n) is 5.97. The van der Waals surface area contributed by atoms with Gasteiger partial charge in [-0.15, -0.1) is 11.8 Å². The van der Waals surface area contributed by atoms with E-state index in [1.165, 1.54) is 4.90 Å². The highest BCUT2D eigenvalue weighted by molar-refractivity contribution is 7.98. The number of pyridine rings is 1. The number of hydrogen-bond donors (Lipinski definition) is 0.